The first-order valence-corrected chi connectivity index (χ1v) is 8.59. The van der Waals surface area contributed by atoms with E-state index in [-0.39, 0.29) is 11.8 Å². The van der Waals surface area contributed by atoms with Gasteiger partial charge in [-0.1, -0.05) is 45.7 Å². The van der Waals surface area contributed by atoms with Gasteiger partial charge in [-0.15, -0.1) is 0 Å². The van der Waals surface area contributed by atoms with Gasteiger partial charge < -0.3 is 9.84 Å². The van der Waals surface area contributed by atoms with Gasteiger partial charge in [-0.05, 0) is 24.7 Å². The molecular weight excluding hydrogens is 278 g/mol. The number of aromatic nitrogens is 2. The molecule has 1 amide bonds. The zero-order chi connectivity index (χ0) is 16.1. The van der Waals surface area contributed by atoms with Crippen LogP contribution in [0, 0.1) is 11.8 Å². The van der Waals surface area contributed by atoms with E-state index in [1.165, 1.54) is 12.8 Å². The largest absolute Gasteiger partial charge is 0.353 e. The summed E-state index contributed by atoms with van der Waals surface area (Å²) in [6.45, 7) is 8.61. The predicted octanol–water partition coefficient (Wildman–Crippen LogP) is 3.46. The number of aryl methyl sites for hydroxylation is 1. The molecule has 1 fully saturated rings. The normalized spacial score (nSPS) is 25.4. The molecule has 0 spiro atoms. The van der Waals surface area contributed by atoms with E-state index in [2.05, 4.69) is 29.3 Å². The predicted molar refractivity (Wildman–Crippen MR) is 85.4 cm³/mol. The number of carbonyl (C=O) groups excluding carboxylic acids is 1. The van der Waals surface area contributed by atoms with Gasteiger partial charge in [0.25, 0.3) is 0 Å². The highest BCUT2D eigenvalue weighted by Gasteiger charge is 2.27. The highest BCUT2D eigenvalue weighted by molar-refractivity contribution is 5.76. The summed E-state index contributed by atoms with van der Waals surface area (Å²) in [6, 6.07) is 0.340. The third-order valence-electron chi connectivity index (χ3n) is 4.85. The number of carbonyl (C=O) groups is 1. The molecular formula is C17H29N3O2. The first-order valence-electron chi connectivity index (χ1n) is 8.59. The monoisotopic (exact) mass is 307 g/mol. The van der Waals surface area contributed by atoms with Crippen molar-refractivity contribution < 1.29 is 9.32 Å². The quantitative estimate of drug-likeness (QED) is 0.874. The van der Waals surface area contributed by atoms with Crippen LogP contribution in [0.25, 0.3) is 0 Å². The van der Waals surface area contributed by atoms with Crippen LogP contribution in [-0.2, 0) is 11.2 Å². The zero-order valence-electron chi connectivity index (χ0n) is 14.3. The van der Waals surface area contributed by atoms with Crippen molar-refractivity contribution in [1.29, 1.82) is 0 Å². The van der Waals surface area contributed by atoms with Crippen LogP contribution >= 0.6 is 0 Å². The van der Waals surface area contributed by atoms with E-state index in [4.69, 9.17) is 4.52 Å². The molecule has 1 aliphatic rings. The molecule has 0 unspecified atom stereocenters. The summed E-state index contributed by atoms with van der Waals surface area (Å²) in [4.78, 5) is 16.4. The molecule has 5 nitrogen and oxygen atoms in total. The fourth-order valence-electron chi connectivity index (χ4n) is 3.07. The molecule has 22 heavy (non-hydrogen) atoms. The summed E-state index contributed by atoms with van der Waals surface area (Å²) < 4.78 is 5.20. The van der Waals surface area contributed by atoms with Crippen LogP contribution in [0.1, 0.15) is 77.4 Å². The number of nitrogens with zero attached hydrogens (tertiary/aromatic N) is 2. The Morgan fingerprint density at radius 1 is 1.36 bits per heavy atom. The van der Waals surface area contributed by atoms with Crippen molar-refractivity contribution in [2.45, 2.75) is 78.2 Å². The molecule has 0 radical (unpaired) electrons. The summed E-state index contributed by atoms with van der Waals surface area (Å²) in [5.74, 6) is 3.07. The van der Waals surface area contributed by atoms with Crippen molar-refractivity contribution in [2.24, 2.45) is 11.8 Å². The SMILES string of the molecule is CC(C)c1noc(CCCC(=O)N[C@@H]2CCC[C@H](C)[C@H]2C)n1. The molecule has 124 valence electrons. The molecule has 3 atom stereocenters. The fourth-order valence-corrected chi connectivity index (χ4v) is 3.07. The summed E-state index contributed by atoms with van der Waals surface area (Å²) in [5.41, 5.74) is 0. The van der Waals surface area contributed by atoms with E-state index in [1.54, 1.807) is 0 Å². The Bertz CT molecular complexity index is 484. The smallest absolute Gasteiger partial charge is 0.226 e. The van der Waals surface area contributed by atoms with E-state index >= 15 is 0 Å². The number of amides is 1. The van der Waals surface area contributed by atoms with Crippen molar-refractivity contribution >= 4 is 5.91 Å². The molecule has 1 aromatic heterocycles. The lowest BCUT2D eigenvalue weighted by Gasteiger charge is -2.34. The molecule has 5 heteroatoms. The van der Waals surface area contributed by atoms with Crippen LogP contribution in [-0.4, -0.2) is 22.1 Å². The Hall–Kier alpha value is -1.39. The lowest BCUT2D eigenvalue weighted by Crippen LogP contribution is -2.43. The van der Waals surface area contributed by atoms with E-state index < -0.39 is 0 Å². The van der Waals surface area contributed by atoms with Crippen LogP contribution in [0.4, 0.5) is 0 Å². The summed E-state index contributed by atoms with van der Waals surface area (Å²) in [6.07, 6.45) is 5.56. The first kappa shape index (κ1) is 17.0. The van der Waals surface area contributed by atoms with Gasteiger partial charge in [0, 0.05) is 24.8 Å². The average Bonchev–Trinajstić information content (AvgIpc) is 2.93. The van der Waals surface area contributed by atoms with Crippen LogP contribution < -0.4 is 5.32 Å². The van der Waals surface area contributed by atoms with Gasteiger partial charge in [-0.2, -0.15) is 4.98 Å². The topological polar surface area (TPSA) is 68.0 Å². The molecule has 1 aliphatic carbocycles. The Labute approximate surface area is 133 Å². The van der Waals surface area contributed by atoms with Crippen LogP contribution in [0.5, 0.6) is 0 Å². The summed E-state index contributed by atoms with van der Waals surface area (Å²) >= 11 is 0. The fraction of sp³-hybridized carbons (Fsp3) is 0.824. The molecule has 0 saturated heterocycles. The van der Waals surface area contributed by atoms with E-state index in [9.17, 15) is 4.79 Å². The van der Waals surface area contributed by atoms with Crippen LogP contribution in [0.2, 0.25) is 0 Å². The van der Waals surface area contributed by atoms with Crippen LogP contribution in [0.15, 0.2) is 4.52 Å². The second kappa shape index (κ2) is 7.75. The minimum Gasteiger partial charge on any atom is -0.353 e. The third-order valence-corrected chi connectivity index (χ3v) is 4.85. The van der Waals surface area contributed by atoms with Gasteiger partial charge in [-0.25, -0.2) is 0 Å². The van der Waals surface area contributed by atoms with Crippen molar-refractivity contribution in [3.63, 3.8) is 0 Å². The number of nitrogens with one attached hydrogen (secondary N) is 1. The molecule has 2 rings (SSSR count). The number of rotatable bonds is 6. The number of hydrogen-bond donors (Lipinski definition) is 1. The van der Waals surface area contributed by atoms with Crippen molar-refractivity contribution in [3.8, 4) is 0 Å². The molecule has 1 N–H and O–H groups in total. The Morgan fingerprint density at radius 2 is 2.14 bits per heavy atom. The van der Waals surface area contributed by atoms with Crippen LogP contribution in [0.3, 0.4) is 0 Å². The molecule has 0 aromatic carbocycles. The van der Waals surface area contributed by atoms with Crippen molar-refractivity contribution in [3.05, 3.63) is 11.7 Å². The van der Waals surface area contributed by atoms with Crippen molar-refractivity contribution in [2.75, 3.05) is 0 Å². The average molecular weight is 307 g/mol. The van der Waals surface area contributed by atoms with Gasteiger partial charge >= 0.3 is 0 Å². The first-order chi connectivity index (χ1) is 10.5. The zero-order valence-corrected chi connectivity index (χ0v) is 14.3. The second-order valence-electron chi connectivity index (χ2n) is 7.00. The van der Waals surface area contributed by atoms with Crippen molar-refractivity contribution in [1.82, 2.24) is 15.5 Å². The van der Waals surface area contributed by atoms with Gasteiger partial charge in [0.05, 0.1) is 0 Å². The maximum Gasteiger partial charge on any atom is 0.226 e. The molecule has 0 aliphatic heterocycles. The second-order valence-corrected chi connectivity index (χ2v) is 7.00. The Balaban J connectivity index is 1.71. The molecule has 1 saturated carbocycles. The Morgan fingerprint density at radius 3 is 2.82 bits per heavy atom. The van der Waals surface area contributed by atoms with Gasteiger partial charge in [0.1, 0.15) is 0 Å². The third kappa shape index (κ3) is 4.55. The van der Waals surface area contributed by atoms with E-state index in [0.717, 1.165) is 18.7 Å². The van der Waals surface area contributed by atoms with Gasteiger partial charge in [0.2, 0.25) is 11.8 Å². The highest BCUT2D eigenvalue weighted by atomic mass is 16.5. The maximum absolute atomic E-state index is 12.1. The Kier molecular flexibility index (Phi) is 5.98. The minimum atomic E-state index is 0.148. The molecule has 1 heterocycles. The minimum absolute atomic E-state index is 0.148. The standard InChI is InChI=1S/C17H29N3O2/c1-11(2)17-19-16(22-20-17)10-6-9-15(21)18-14-8-5-7-12(3)13(14)4/h11-14H,5-10H2,1-4H3,(H,18,21)/t12-,13+,14+/m0/s1. The van der Waals surface area contributed by atoms with Gasteiger partial charge in [0.15, 0.2) is 5.82 Å². The lowest BCUT2D eigenvalue weighted by molar-refractivity contribution is -0.122. The molecule has 0 bridgehead atoms. The summed E-state index contributed by atoms with van der Waals surface area (Å²) in [5, 5.41) is 7.14. The summed E-state index contributed by atoms with van der Waals surface area (Å²) in [7, 11) is 0. The highest BCUT2D eigenvalue weighted by Crippen LogP contribution is 2.29. The van der Waals surface area contributed by atoms with E-state index in [0.29, 0.717) is 36.6 Å². The van der Waals surface area contributed by atoms with E-state index in [1.807, 2.05) is 13.8 Å². The maximum atomic E-state index is 12.1. The number of hydrogen-bond acceptors (Lipinski definition) is 4. The lowest BCUT2D eigenvalue weighted by atomic mass is 9.78. The van der Waals surface area contributed by atoms with Gasteiger partial charge in [-0.3, -0.25) is 4.79 Å². The molecule has 1 aromatic rings.